The standard InChI is InChI=1S/C21H17ClN4O/c1-2-12-3-4-24-10-17(12)13-5-14-8-20(25-11-18(14)19(22)7-13)26-21(27)16-6-15(16)9-23/h3-5,7-8,10-11,15-16H,2,6H2,1H3,(H,25,26,27)/t15-,16-/m0/s1. The summed E-state index contributed by atoms with van der Waals surface area (Å²) in [4.78, 5) is 20.7. The molecule has 0 saturated heterocycles. The van der Waals surface area contributed by atoms with E-state index in [0.29, 0.717) is 17.3 Å². The number of nitrogens with zero attached hydrogens (tertiary/aromatic N) is 3. The van der Waals surface area contributed by atoms with Crippen molar-refractivity contribution in [2.45, 2.75) is 19.8 Å². The Balaban J connectivity index is 1.70. The number of pyridine rings is 2. The van der Waals surface area contributed by atoms with Crippen LogP contribution in [0.5, 0.6) is 0 Å². The molecule has 0 bridgehead atoms. The van der Waals surface area contributed by atoms with Gasteiger partial charge < -0.3 is 5.32 Å². The maximum absolute atomic E-state index is 12.2. The van der Waals surface area contributed by atoms with Crippen molar-refractivity contribution in [2.75, 3.05) is 5.32 Å². The number of carbonyl (C=O) groups excluding carboxylic acids is 1. The average Bonchev–Trinajstić information content (AvgIpc) is 3.47. The number of nitriles is 1. The Bertz CT molecular complexity index is 1090. The van der Waals surface area contributed by atoms with E-state index >= 15 is 0 Å². The van der Waals surface area contributed by atoms with E-state index in [1.165, 1.54) is 5.56 Å². The molecule has 0 unspecified atom stereocenters. The van der Waals surface area contributed by atoms with Crippen LogP contribution in [0.25, 0.3) is 21.9 Å². The number of aromatic nitrogens is 2. The number of fused-ring (bicyclic) bond motifs is 1. The van der Waals surface area contributed by atoms with Crippen molar-refractivity contribution in [3.8, 4) is 17.2 Å². The molecule has 1 aromatic carbocycles. The average molecular weight is 377 g/mol. The number of carbonyl (C=O) groups is 1. The molecule has 1 N–H and O–H groups in total. The first-order valence-corrected chi connectivity index (χ1v) is 9.21. The van der Waals surface area contributed by atoms with Crippen molar-refractivity contribution in [2.24, 2.45) is 11.8 Å². The fourth-order valence-electron chi connectivity index (χ4n) is 3.28. The number of benzene rings is 1. The van der Waals surface area contributed by atoms with Crippen molar-refractivity contribution in [1.82, 2.24) is 9.97 Å². The Kier molecular flexibility index (Phi) is 4.51. The second kappa shape index (κ2) is 6.98. The van der Waals surface area contributed by atoms with Crippen LogP contribution in [0.1, 0.15) is 18.9 Å². The summed E-state index contributed by atoms with van der Waals surface area (Å²) in [6.45, 7) is 2.10. The van der Waals surface area contributed by atoms with Gasteiger partial charge in [0.2, 0.25) is 5.91 Å². The molecule has 1 fully saturated rings. The van der Waals surface area contributed by atoms with Crippen LogP contribution >= 0.6 is 11.6 Å². The number of aryl methyl sites for hydroxylation is 1. The lowest BCUT2D eigenvalue weighted by Gasteiger charge is -2.11. The zero-order valence-corrected chi connectivity index (χ0v) is 15.5. The number of amides is 1. The number of anilines is 1. The normalized spacial score (nSPS) is 18.1. The van der Waals surface area contributed by atoms with Crippen LogP contribution in [0.4, 0.5) is 5.82 Å². The molecule has 4 rings (SSSR count). The Morgan fingerprint density at radius 2 is 2.22 bits per heavy atom. The highest BCUT2D eigenvalue weighted by Crippen LogP contribution is 2.38. The van der Waals surface area contributed by atoms with Gasteiger partial charge in [0.05, 0.1) is 22.9 Å². The van der Waals surface area contributed by atoms with Crippen LogP contribution < -0.4 is 5.32 Å². The Morgan fingerprint density at radius 1 is 1.37 bits per heavy atom. The number of hydrogen-bond acceptors (Lipinski definition) is 4. The van der Waals surface area contributed by atoms with Crippen LogP contribution in [0, 0.1) is 23.2 Å². The summed E-state index contributed by atoms with van der Waals surface area (Å²) in [6, 6.07) is 9.90. The van der Waals surface area contributed by atoms with Gasteiger partial charge in [0.1, 0.15) is 5.82 Å². The van der Waals surface area contributed by atoms with Crippen molar-refractivity contribution in [3.05, 3.63) is 53.4 Å². The van der Waals surface area contributed by atoms with Gasteiger partial charge in [0.15, 0.2) is 0 Å². The summed E-state index contributed by atoms with van der Waals surface area (Å²) in [6.07, 6.45) is 6.80. The van der Waals surface area contributed by atoms with Crippen LogP contribution in [-0.2, 0) is 11.2 Å². The van der Waals surface area contributed by atoms with Gasteiger partial charge in [-0.1, -0.05) is 18.5 Å². The highest BCUT2D eigenvalue weighted by Gasteiger charge is 2.43. The zero-order valence-electron chi connectivity index (χ0n) is 14.7. The van der Waals surface area contributed by atoms with Crippen molar-refractivity contribution in [3.63, 3.8) is 0 Å². The molecule has 2 atom stereocenters. The van der Waals surface area contributed by atoms with Crippen LogP contribution in [0.2, 0.25) is 5.02 Å². The fourth-order valence-corrected chi connectivity index (χ4v) is 3.55. The lowest BCUT2D eigenvalue weighted by Crippen LogP contribution is -2.15. The molecule has 1 saturated carbocycles. The Labute approximate surface area is 162 Å². The Hall–Kier alpha value is -2.97. The monoisotopic (exact) mass is 376 g/mol. The number of nitrogens with one attached hydrogen (secondary N) is 1. The third-order valence-corrected chi connectivity index (χ3v) is 5.25. The summed E-state index contributed by atoms with van der Waals surface area (Å²) in [5, 5.41) is 14.0. The maximum atomic E-state index is 12.2. The van der Waals surface area contributed by atoms with E-state index in [0.717, 1.165) is 28.3 Å². The minimum Gasteiger partial charge on any atom is -0.310 e. The molecule has 2 aromatic heterocycles. The molecule has 134 valence electrons. The minimum absolute atomic E-state index is 0.156. The molecule has 0 aliphatic heterocycles. The second-order valence-corrected chi connectivity index (χ2v) is 7.11. The van der Waals surface area contributed by atoms with E-state index < -0.39 is 0 Å². The molecule has 3 aromatic rings. The summed E-state index contributed by atoms with van der Waals surface area (Å²) in [5.74, 6) is -0.100. The largest absolute Gasteiger partial charge is 0.310 e. The van der Waals surface area contributed by atoms with Gasteiger partial charge in [-0.15, -0.1) is 0 Å². The second-order valence-electron chi connectivity index (χ2n) is 6.70. The number of rotatable bonds is 4. The number of hydrogen-bond donors (Lipinski definition) is 1. The van der Waals surface area contributed by atoms with E-state index in [4.69, 9.17) is 16.9 Å². The van der Waals surface area contributed by atoms with Gasteiger partial charge in [-0.3, -0.25) is 9.78 Å². The lowest BCUT2D eigenvalue weighted by molar-refractivity contribution is -0.117. The molecule has 5 nitrogen and oxygen atoms in total. The molecule has 1 aliphatic rings. The zero-order chi connectivity index (χ0) is 19.0. The van der Waals surface area contributed by atoms with Crippen LogP contribution in [0.3, 0.4) is 0 Å². The number of halogens is 1. The van der Waals surface area contributed by atoms with Crippen molar-refractivity contribution in [1.29, 1.82) is 5.26 Å². The van der Waals surface area contributed by atoms with Crippen molar-refractivity contribution >= 4 is 34.1 Å². The van der Waals surface area contributed by atoms with E-state index in [2.05, 4.69) is 28.3 Å². The highest BCUT2D eigenvalue weighted by atomic mass is 35.5. The summed E-state index contributed by atoms with van der Waals surface area (Å²) >= 11 is 6.48. The third kappa shape index (κ3) is 3.36. The van der Waals surface area contributed by atoms with Crippen LogP contribution in [-0.4, -0.2) is 15.9 Å². The minimum atomic E-state index is -0.232. The van der Waals surface area contributed by atoms with Gasteiger partial charge in [0.25, 0.3) is 0 Å². The molecule has 1 aliphatic carbocycles. The lowest BCUT2D eigenvalue weighted by atomic mass is 9.98. The summed E-state index contributed by atoms with van der Waals surface area (Å²) < 4.78 is 0. The molecule has 0 radical (unpaired) electrons. The SMILES string of the molecule is CCc1ccncc1-c1cc(Cl)c2cnc(NC(=O)[C@H]3C[C@H]3C#N)cc2c1. The van der Waals surface area contributed by atoms with Crippen LogP contribution in [0.15, 0.2) is 42.9 Å². The summed E-state index contributed by atoms with van der Waals surface area (Å²) in [7, 11) is 0. The van der Waals surface area contributed by atoms with Gasteiger partial charge in [-0.25, -0.2) is 4.98 Å². The molecule has 2 heterocycles. The van der Waals surface area contributed by atoms with E-state index in [1.807, 2.05) is 30.5 Å². The molecule has 0 spiro atoms. The first-order valence-electron chi connectivity index (χ1n) is 8.83. The van der Waals surface area contributed by atoms with E-state index in [1.54, 1.807) is 12.4 Å². The van der Waals surface area contributed by atoms with Gasteiger partial charge in [-0.05, 0) is 53.6 Å². The predicted molar refractivity (Wildman–Crippen MR) is 105 cm³/mol. The van der Waals surface area contributed by atoms with E-state index in [-0.39, 0.29) is 17.7 Å². The van der Waals surface area contributed by atoms with Crippen molar-refractivity contribution < 1.29 is 4.79 Å². The highest BCUT2D eigenvalue weighted by molar-refractivity contribution is 6.36. The maximum Gasteiger partial charge on any atom is 0.230 e. The van der Waals surface area contributed by atoms with Gasteiger partial charge in [0, 0.05) is 29.5 Å². The van der Waals surface area contributed by atoms with E-state index in [9.17, 15) is 4.79 Å². The smallest absolute Gasteiger partial charge is 0.230 e. The van der Waals surface area contributed by atoms with Gasteiger partial charge in [-0.2, -0.15) is 5.26 Å². The third-order valence-electron chi connectivity index (χ3n) is 4.93. The molecule has 1 amide bonds. The molecular weight excluding hydrogens is 360 g/mol. The summed E-state index contributed by atoms with van der Waals surface area (Å²) in [5.41, 5.74) is 3.22. The first-order chi connectivity index (χ1) is 13.1. The fraction of sp³-hybridized carbons (Fsp3) is 0.238. The molecule has 6 heteroatoms. The Morgan fingerprint density at radius 3 is 2.96 bits per heavy atom. The quantitative estimate of drug-likeness (QED) is 0.721. The van der Waals surface area contributed by atoms with Gasteiger partial charge >= 0.3 is 0 Å². The predicted octanol–water partition coefficient (Wildman–Crippen LogP) is 4.61. The first kappa shape index (κ1) is 17.4. The molecular formula is C21H17ClN4O. The topological polar surface area (TPSA) is 78.7 Å². The molecule has 27 heavy (non-hydrogen) atoms.